The minimum atomic E-state index is -0.811. The average Bonchev–Trinajstić information content (AvgIpc) is 3.38. The van der Waals surface area contributed by atoms with Gasteiger partial charge in [0.2, 0.25) is 5.91 Å². The first-order chi connectivity index (χ1) is 16.2. The topological polar surface area (TPSA) is 105 Å². The van der Waals surface area contributed by atoms with Crippen LogP contribution in [-0.4, -0.2) is 41.8 Å². The maximum atomic E-state index is 12.6. The lowest BCUT2D eigenvalue weighted by molar-refractivity contribution is -0.143. The fraction of sp³-hybridized carbons (Fsp3) is 0.444. The molecule has 1 saturated carbocycles. The quantitative estimate of drug-likeness (QED) is 0.540. The number of rotatable bonds is 8. The Labute approximate surface area is 199 Å². The number of amides is 2. The van der Waals surface area contributed by atoms with E-state index in [-0.39, 0.29) is 30.8 Å². The van der Waals surface area contributed by atoms with Crippen LogP contribution in [0.4, 0.5) is 4.79 Å². The number of hydrogen-bond donors (Lipinski definition) is 3. The van der Waals surface area contributed by atoms with Gasteiger partial charge in [-0.25, -0.2) is 4.79 Å². The molecule has 0 heterocycles. The van der Waals surface area contributed by atoms with Crippen LogP contribution in [0.1, 0.15) is 56.6 Å². The molecule has 3 N–H and O–H groups in total. The predicted octanol–water partition coefficient (Wildman–Crippen LogP) is 4.31. The van der Waals surface area contributed by atoms with E-state index in [4.69, 9.17) is 4.74 Å². The number of carboxylic acids is 1. The summed E-state index contributed by atoms with van der Waals surface area (Å²) in [4.78, 5) is 36.4. The number of nitrogens with one attached hydrogen (secondary N) is 2. The van der Waals surface area contributed by atoms with Crippen molar-refractivity contribution in [3.8, 4) is 11.1 Å². The molecule has 2 aromatic rings. The van der Waals surface area contributed by atoms with Crippen LogP contribution in [-0.2, 0) is 14.3 Å². The lowest BCUT2D eigenvalue weighted by atomic mass is 9.95. The molecule has 0 saturated heterocycles. The van der Waals surface area contributed by atoms with Crippen LogP contribution in [0.15, 0.2) is 48.5 Å². The van der Waals surface area contributed by atoms with Gasteiger partial charge in [-0.2, -0.15) is 0 Å². The van der Waals surface area contributed by atoms with Crippen molar-refractivity contribution >= 4 is 18.0 Å². The molecule has 0 spiro atoms. The highest BCUT2D eigenvalue weighted by atomic mass is 16.5. The van der Waals surface area contributed by atoms with Gasteiger partial charge in [0.1, 0.15) is 6.61 Å². The highest BCUT2D eigenvalue weighted by Gasteiger charge is 2.34. The molecule has 2 amide bonds. The molecule has 0 unspecified atom stereocenters. The maximum absolute atomic E-state index is 12.6. The van der Waals surface area contributed by atoms with Crippen molar-refractivity contribution in [1.82, 2.24) is 10.6 Å². The number of fused-ring (bicyclic) bond motifs is 3. The number of aliphatic carboxylic acids is 1. The van der Waals surface area contributed by atoms with E-state index < -0.39 is 23.5 Å². The fourth-order valence-electron chi connectivity index (χ4n) is 5.27. The zero-order valence-electron chi connectivity index (χ0n) is 19.7. The van der Waals surface area contributed by atoms with Gasteiger partial charge in [-0.1, -0.05) is 55.0 Å². The highest BCUT2D eigenvalue weighted by molar-refractivity contribution is 5.80. The third kappa shape index (κ3) is 5.24. The van der Waals surface area contributed by atoms with Gasteiger partial charge in [0.25, 0.3) is 0 Å². The maximum Gasteiger partial charge on any atom is 0.407 e. The zero-order chi connectivity index (χ0) is 24.3. The van der Waals surface area contributed by atoms with E-state index in [0.29, 0.717) is 13.0 Å². The number of alkyl carbamates (subject to hydrolysis) is 1. The van der Waals surface area contributed by atoms with E-state index in [1.54, 1.807) is 13.8 Å². The number of carboxylic acid groups (broad SMARTS) is 1. The SMILES string of the molecule is CC(C)(CC(=O)NC[C@H]1CCC[C@H]1C(=O)O)NC(=O)OCC1c2ccccc2-c2ccccc21. The summed E-state index contributed by atoms with van der Waals surface area (Å²) in [5.74, 6) is -1.49. The van der Waals surface area contributed by atoms with E-state index in [1.165, 1.54) is 0 Å². The van der Waals surface area contributed by atoms with Crippen molar-refractivity contribution in [3.05, 3.63) is 59.7 Å². The zero-order valence-corrected chi connectivity index (χ0v) is 19.7. The minimum Gasteiger partial charge on any atom is -0.481 e. The Hall–Kier alpha value is -3.35. The first-order valence-electron chi connectivity index (χ1n) is 11.9. The van der Waals surface area contributed by atoms with E-state index >= 15 is 0 Å². The standard InChI is InChI=1S/C27H32N2O5/c1-27(2,14-24(30)28-15-17-8-7-13-18(17)25(31)32)29-26(33)34-16-23-21-11-5-3-9-19(21)20-10-4-6-12-22(20)23/h3-6,9-12,17-18,23H,7-8,13-16H2,1-2H3,(H,28,30)(H,29,33)(H,31,32)/t17-,18-/m1/s1. The Morgan fingerprint density at radius 3 is 2.24 bits per heavy atom. The summed E-state index contributed by atoms with van der Waals surface area (Å²) in [5.41, 5.74) is 3.80. The molecule has 2 aromatic carbocycles. The molecular formula is C27H32N2O5. The number of benzene rings is 2. The summed E-state index contributed by atoms with van der Waals surface area (Å²) in [6.07, 6.45) is 1.83. The van der Waals surface area contributed by atoms with Crippen molar-refractivity contribution in [1.29, 1.82) is 0 Å². The average molecular weight is 465 g/mol. The van der Waals surface area contributed by atoms with Crippen LogP contribution in [0.2, 0.25) is 0 Å². The van der Waals surface area contributed by atoms with E-state index in [0.717, 1.165) is 35.1 Å². The largest absolute Gasteiger partial charge is 0.481 e. The Morgan fingerprint density at radius 2 is 1.62 bits per heavy atom. The van der Waals surface area contributed by atoms with Gasteiger partial charge in [0, 0.05) is 24.4 Å². The van der Waals surface area contributed by atoms with Crippen LogP contribution in [0.25, 0.3) is 11.1 Å². The van der Waals surface area contributed by atoms with Gasteiger partial charge in [0.15, 0.2) is 0 Å². The molecule has 1 fully saturated rings. The van der Waals surface area contributed by atoms with Gasteiger partial charge in [-0.15, -0.1) is 0 Å². The van der Waals surface area contributed by atoms with Gasteiger partial charge in [0.05, 0.1) is 5.92 Å². The van der Waals surface area contributed by atoms with Crippen molar-refractivity contribution < 1.29 is 24.2 Å². The summed E-state index contributed by atoms with van der Waals surface area (Å²) < 4.78 is 5.59. The Morgan fingerprint density at radius 1 is 1.00 bits per heavy atom. The third-order valence-corrected chi connectivity index (χ3v) is 6.92. The Kier molecular flexibility index (Phi) is 6.91. The summed E-state index contributed by atoms with van der Waals surface area (Å²) in [6, 6.07) is 16.3. The number of hydrogen-bond acceptors (Lipinski definition) is 4. The molecule has 0 aliphatic heterocycles. The van der Waals surface area contributed by atoms with Crippen molar-refractivity contribution in [2.24, 2.45) is 11.8 Å². The molecule has 180 valence electrons. The lowest BCUT2D eigenvalue weighted by Gasteiger charge is -2.26. The Balaban J connectivity index is 1.28. The first kappa shape index (κ1) is 23.8. The smallest absolute Gasteiger partial charge is 0.407 e. The van der Waals surface area contributed by atoms with Crippen molar-refractivity contribution in [2.45, 2.75) is 51.0 Å². The van der Waals surface area contributed by atoms with E-state index in [1.807, 2.05) is 24.3 Å². The lowest BCUT2D eigenvalue weighted by Crippen LogP contribution is -2.47. The Bertz CT molecular complexity index is 1030. The van der Waals surface area contributed by atoms with Gasteiger partial charge in [-0.3, -0.25) is 9.59 Å². The minimum absolute atomic E-state index is 0.0295. The number of carbonyl (C=O) groups excluding carboxylic acids is 2. The third-order valence-electron chi connectivity index (χ3n) is 6.92. The van der Waals surface area contributed by atoms with Gasteiger partial charge >= 0.3 is 12.1 Å². The summed E-state index contributed by atoms with van der Waals surface area (Å²) in [7, 11) is 0. The second-order valence-electron chi connectivity index (χ2n) is 9.95. The molecule has 7 nitrogen and oxygen atoms in total. The molecule has 4 rings (SSSR count). The predicted molar refractivity (Wildman–Crippen MR) is 128 cm³/mol. The summed E-state index contributed by atoms with van der Waals surface area (Å²) >= 11 is 0. The molecule has 34 heavy (non-hydrogen) atoms. The molecule has 2 atom stereocenters. The molecular weight excluding hydrogens is 432 g/mol. The first-order valence-corrected chi connectivity index (χ1v) is 11.9. The molecule has 2 aliphatic carbocycles. The monoisotopic (exact) mass is 464 g/mol. The van der Waals surface area contributed by atoms with E-state index in [2.05, 4.69) is 34.9 Å². The fourth-order valence-corrected chi connectivity index (χ4v) is 5.27. The summed E-state index contributed by atoms with van der Waals surface area (Å²) in [6.45, 7) is 4.09. The normalized spacial score (nSPS) is 19.2. The molecule has 0 bridgehead atoms. The molecule has 0 radical (unpaired) electrons. The highest BCUT2D eigenvalue weighted by Crippen LogP contribution is 2.44. The van der Waals surface area contributed by atoms with Crippen LogP contribution < -0.4 is 10.6 Å². The molecule has 7 heteroatoms. The summed E-state index contributed by atoms with van der Waals surface area (Å²) in [5, 5.41) is 14.9. The van der Waals surface area contributed by atoms with Crippen molar-refractivity contribution in [2.75, 3.05) is 13.2 Å². The van der Waals surface area contributed by atoms with Crippen LogP contribution >= 0.6 is 0 Å². The van der Waals surface area contributed by atoms with E-state index in [9.17, 15) is 19.5 Å². The molecule has 2 aliphatic rings. The van der Waals surface area contributed by atoms with Crippen LogP contribution in [0, 0.1) is 11.8 Å². The van der Waals surface area contributed by atoms with Gasteiger partial charge < -0.3 is 20.5 Å². The van der Waals surface area contributed by atoms with Crippen molar-refractivity contribution in [3.63, 3.8) is 0 Å². The second kappa shape index (κ2) is 9.87. The molecule has 0 aromatic heterocycles. The van der Waals surface area contributed by atoms with Gasteiger partial charge in [-0.05, 0) is 54.9 Å². The second-order valence-corrected chi connectivity index (χ2v) is 9.95. The van der Waals surface area contributed by atoms with Crippen LogP contribution in [0.3, 0.4) is 0 Å². The van der Waals surface area contributed by atoms with Crippen LogP contribution in [0.5, 0.6) is 0 Å². The number of carbonyl (C=O) groups is 3. The number of ether oxygens (including phenoxy) is 1.